The molecule has 0 aliphatic rings. The van der Waals surface area contributed by atoms with Crippen LogP contribution >= 0.6 is 0 Å². The van der Waals surface area contributed by atoms with Gasteiger partial charge in [-0.3, -0.25) is 0 Å². The Morgan fingerprint density at radius 3 is 1.00 bits per heavy atom. The Bertz CT molecular complexity index is 76.3. The molecule has 5 heavy (non-hydrogen) atoms. The number of rotatable bonds is 0. The third-order valence-electron chi connectivity index (χ3n) is 0. The Morgan fingerprint density at radius 2 is 1.00 bits per heavy atom. The summed E-state index contributed by atoms with van der Waals surface area (Å²) in [6, 6.07) is 0. The Balaban J connectivity index is 0. The molecule has 0 unspecified atom stereocenters. The van der Waals surface area contributed by atoms with E-state index in [2.05, 4.69) is 0 Å². The predicted molar refractivity (Wildman–Crippen MR) is 15.5 cm³/mol. The molecule has 0 amide bonds. The van der Waals surface area contributed by atoms with E-state index in [9.17, 15) is 0 Å². The van der Waals surface area contributed by atoms with E-state index in [0.717, 1.165) is 0 Å². The molecule has 3 radical (unpaired) electrons. The maximum absolute atomic E-state index is 8.44. The van der Waals surface area contributed by atoms with Crippen molar-refractivity contribution in [1.29, 1.82) is 0 Å². The van der Waals surface area contributed by atoms with Gasteiger partial charge in [0.1, 0.15) is 0 Å². The Kier molecular flexibility index (Phi) is 7.48. The van der Waals surface area contributed by atoms with E-state index in [4.69, 9.17) is 12.6 Å². The van der Waals surface area contributed by atoms with Gasteiger partial charge in [0, 0.05) is 18.0 Å². The van der Waals surface area contributed by atoms with Gasteiger partial charge in [0.05, 0.1) is 0 Å². The average Bonchev–Trinajstić information content (AvgIpc) is 0.811. The van der Waals surface area contributed by atoms with Gasteiger partial charge in [-0.05, 0) is 0 Å². The molecule has 0 heterocycles. The quantitative estimate of drug-likeness (QED) is 0.405. The SMILES string of the molecule is O=S(=O)=O.[As]. The summed E-state index contributed by atoms with van der Waals surface area (Å²) in [4.78, 5) is 0. The molecule has 0 N–H and O–H groups in total. The standard InChI is InChI=1S/As.O3S/c;1-4(2)3. The molecule has 0 atom stereocenters. The number of hydrogen-bond donors (Lipinski definition) is 0. The van der Waals surface area contributed by atoms with Gasteiger partial charge >= 0.3 is 10.6 Å². The third-order valence-corrected chi connectivity index (χ3v) is 0. The van der Waals surface area contributed by atoms with Crippen LogP contribution in [0.15, 0.2) is 0 Å². The zero-order valence-electron chi connectivity index (χ0n) is 2.08. The van der Waals surface area contributed by atoms with Gasteiger partial charge in [-0.25, -0.2) is 0 Å². The Labute approximate surface area is 41.8 Å². The van der Waals surface area contributed by atoms with Gasteiger partial charge in [0.2, 0.25) is 0 Å². The van der Waals surface area contributed by atoms with E-state index in [1.54, 1.807) is 0 Å². The van der Waals surface area contributed by atoms with Crippen molar-refractivity contribution in [1.82, 2.24) is 0 Å². The normalized spacial score (nSPS) is 4.80. The van der Waals surface area contributed by atoms with Crippen LogP contribution in [-0.4, -0.2) is 30.6 Å². The van der Waals surface area contributed by atoms with Crippen LogP contribution in [0.25, 0.3) is 0 Å². The second-order valence-corrected chi connectivity index (χ2v) is 0.612. The van der Waals surface area contributed by atoms with Crippen molar-refractivity contribution in [2.45, 2.75) is 0 Å². The summed E-state index contributed by atoms with van der Waals surface area (Å²) in [6.07, 6.45) is 0. The summed E-state index contributed by atoms with van der Waals surface area (Å²) in [6.45, 7) is 0. The summed E-state index contributed by atoms with van der Waals surface area (Å²) in [5, 5.41) is 0. The first-order valence-electron chi connectivity index (χ1n) is 0.500. The maximum Gasteiger partial charge on any atom is 0.425 e. The molecular weight excluding hydrogens is 155 g/mol. The van der Waals surface area contributed by atoms with Crippen molar-refractivity contribution in [2.24, 2.45) is 0 Å². The van der Waals surface area contributed by atoms with Crippen molar-refractivity contribution in [2.75, 3.05) is 0 Å². The van der Waals surface area contributed by atoms with Crippen molar-refractivity contribution >= 4 is 28.6 Å². The average molecular weight is 155 g/mol. The summed E-state index contributed by atoms with van der Waals surface area (Å²) in [5.74, 6) is 0. The molecule has 5 heteroatoms. The smallest absolute Gasteiger partial charge is 0.142 e. The van der Waals surface area contributed by atoms with Crippen LogP contribution in [-0.2, 0) is 10.6 Å². The van der Waals surface area contributed by atoms with Crippen molar-refractivity contribution in [3.8, 4) is 0 Å². The molecule has 0 saturated carbocycles. The molecule has 0 spiro atoms. The zero-order valence-corrected chi connectivity index (χ0v) is 4.77. The van der Waals surface area contributed by atoms with E-state index in [-0.39, 0.29) is 18.0 Å². The van der Waals surface area contributed by atoms with Crippen LogP contribution in [0.2, 0.25) is 0 Å². The summed E-state index contributed by atoms with van der Waals surface area (Å²) >= 11 is 0. The molecule has 0 saturated heterocycles. The van der Waals surface area contributed by atoms with Crippen LogP contribution in [0.4, 0.5) is 0 Å². The van der Waals surface area contributed by atoms with Gasteiger partial charge < -0.3 is 0 Å². The molecule has 0 aliphatic carbocycles. The fourth-order valence-corrected chi connectivity index (χ4v) is 0. The van der Waals surface area contributed by atoms with Crippen LogP contribution in [0.1, 0.15) is 0 Å². The van der Waals surface area contributed by atoms with E-state index in [0.29, 0.717) is 0 Å². The van der Waals surface area contributed by atoms with Crippen molar-refractivity contribution < 1.29 is 12.6 Å². The van der Waals surface area contributed by atoms with Crippen LogP contribution in [0.5, 0.6) is 0 Å². The molecular formula is AsO3S. The predicted octanol–water partition coefficient (Wildman–Crippen LogP) is -1.38. The molecule has 0 aromatic carbocycles. The van der Waals surface area contributed by atoms with Gasteiger partial charge in [0.25, 0.3) is 0 Å². The molecule has 0 bridgehead atoms. The molecule has 0 aromatic rings. The van der Waals surface area contributed by atoms with E-state index in [1.165, 1.54) is 0 Å². The van der Waals surface area contributed by atoms with E-state index in [1.807, 2.05) is 0 Å². The van der Waals surface area contributed by atoms with E-state index < -0.39 is 10.6 Å². The summed E-state index contributed by atoms with van der Waals surface area (Å²) in [5.41, 5.74) is 0. The van der Waals surface area contributed by atoms with Crippen LogP contribution < -0.4 is 0 Å². The minimum Gasteiger partial charge on any atom is -0.142 e. The first-order chi connectivity index (χ1) is 1.73. The molecule has 0 rings (SSSR count). The molecule has 0 aliphatic heterocycles. The third kappa shape index (κ3) is 623. The van der Waals surface area contributed by atoms with Crippen molar-refractivity contribution in [3.05, 3.63) is 0 Å². The first kappa shape index (κ1) is 8.95. The second kappa shape index (κ2) is 4.18. The molecule has 3 nitrogen and oxygen atoms in total. The van der Waals surface area contributed by atoms with Gasteiger partial charge in [-0.1, -0.05) is 0 Å². The van der Waals surface area contributed by atoms with Gasteiger partial charge in [-0.15, -0.1) is 12.6 Å². The largest absolute Gasteiger partial charge is 0.425 e. The summed E-state index contributed by atoms with van der Waals surface area (Å²) in [7, 11) is -3.11. The fraction of sp³-hybridized carbons (Fsp3) is 0. The Hall–Kier alpha value is 0.178. The summed E-state index contributed by atoms with van der Waals surface area (Å²) < 4.78 is 25.3. The van der Waals surface area contributed by atoms with E-state index >= 15 is 0 Å². The minimum absolute atomic E-state index is 0. The molecule has 0 aromatic heterocycles. The second-order valence-electron chi connectivity index (χ2n) is 0.204. The minimum atomic E-state index is -3.11. The topological polar surface area (TPSA) is 51.2 Å². The van der Waals surface area contributed by atoms with Gasteiger partial charge in [-0.2, -0.15) is 0 Å². The van der Waals surface area contributed by atoms with Crippen LogP contribution in [0, 0.1) is 0 Å². The Morgan fingerprint density at radius 1 is 1.00 bits per heavy atom. The fourth-order valence-electron chi connectivity index (χ4n) is 0. The maximum atomic E-state index is 8.44. The van der Waals surface area contributed by atoms with Crippen LogP contribution in [0.3, 0.4) is 0 Å². The zero-order chi connectivity index (χ0) is 3.58. The van der Waals surface area contributed by atoms with Gasteiger partial charge in [0.15, 0.2) is 0 Å². The molecule has 0 fully saturated rings. The first-order valence-corrected chi connectivity index (χ1v) is 1.50. The number of hydrogen-bond acceptors (Lipinski definition) is 3. The van der Waals surface area contributed by atoms with Crippen molar-refractivity contribution in [3.63, 3.8) is 0 Å². The monoisotopic (exact) mass is 155 g/mol. The molecule has 29 valence electrons.